The fraction of sp³-hybridized carbons (Fsp3) is 0.333. The maximum atomic E-state index is 11.9. The van der Waals surface area contributed by atoms with Crippen LogP contribution in [-0.4, -0.2) is 27.9 Å². The van der Waals surface area contributed by atoms with Crippen LogP contribution in [0.1, 0.15) is 29.3 Å². The molecule has 0 aliphatic heterocycles. The normalized spacial score (nSPS) is 11.7. The van der Waals surface area contributed by atoms with Crippen LogP contribution in [0.2, 0.25) is 0 Å². The van der Waals surface area contributed by atoms with E-state index in [2.05, 4.69) is 5.32 Å². The summed E-state index contributed by atoms with van der Waals surface area (Å²) in [6.45, 7) is 3.08. The average Bonchev–Trinajstić information content (AvgIpc) is 2.35. The summed E-state index contributed by atoms with van der Waals surface area (Å²) in [5.74, 6) is -1.77. The molecule has 1 amide bonds. The number of carbonyl (C=O) groups is 2. The Bertz CT molecular complexity index is 527. The van der Waals surface area contributed by atoms with Gasteiger partial charge in [-0.25, -0.2) is 4.79 Å². The van der Waals surface area contributed by atoms with E-state index >= 15 is 0 Å². The number of rotatable bonds is 5. The number of carboxylic acids is 1. The van der Waals surface area contributed by atoms with E-state index in [9.17, 15) is 19.7 Å². The first-order valence-corrected chi connectivity index (χ1v) is 5.66. The summed E-state index contributed by atoms with van der Waals surface area (Å²) in [5.41, 5.74) is 0.148. The van der Waals surface area contributed by atoms with Crippen LogP contribution in [0.4, 0.5) is 5.69 Å². The van der Waals surface area contributed by atoms with Gasteiger partial charge in [-0.05, 0) is 19.4 Å². The standard InChI is InChI=1S/C12H14N2O5/c1-3-9(12(16)17)13-11(15)8-5-4-6-10(7(8)2)14(18)19/h4-6,9H,3H2,1-2H3,(H,13,15)(H,16,17). The summed E-state index contributed by atoms with van der Waals surface area (Å²) in [6.07, 6.45) is 0.231. The Kier molecular flexibility index (Phi) is 4.57. The quantitative estimate of drug-likeness (QED) is 0.619. The zero-order chi connectivity index (χ0) is 14.6. The van der Waals surface area contributed by atoms with Gasteiger partial charge >= 0.3 is 5.97 Å². The van der Waals surface area contributed by atoms with Gasteiger partial charge in [0.15, 0.2) is 0 Å². The van der Waals surface area contributed by atoms with Crippen molar-refractivity contribution in [3.05, 3.63) is 39.4 Å². The molecule has 0 aromatic heterocycles. The summed E-state index contributed by atoms with van der Waals surface area (Å²) >= 11 is 0. The molecule has 0 saturated carbocycles. The van der Waals surface area contributed by atoms with Gasteiger partial charge in [-0.2, -0.15) is 0 Å². The second kappa shape index (κ2) is 5.94. The molecule has 1 aromatic rings. The molecule has 0 aliphatic carbocycles. The van der Waals surface area contributed by atoms with Crippen LogP contribution >= 0.6 is 0 Å². The molecular formula is C12H14N2O5. The van der Waals surface area contributed by atoms with E-state index in [-0.39, 0.29) is 23.2 Å². The summed E-state index contributed by atoms with van der Waals surface area (Å²) in [5, 5.41) is 21.9. The van der Waals surface area contributed by atoms with Gasteiger partial charge in [0.25, 0.3) is 11.6 Å². The Balaban J connectivity index is 3.04. The molecular weight excluding hydrogens is 252 g/mol. The molecule has 0 aliphatic rings. The highest BCUT2D eigenvalue weighted by Gasteiger charge is 2.22. The number of carbonyl (C=O) groups excluding carboxylic acids is 1. The van der Waals surface area contributed by atoms with Gasteiger partial charge in [0, 0.05) is 17.2 Å². The van der Waals surface area contributed by atoms with E-state index in [0.717, 1.165) is 0 Å². The van der Waals surface area contributed by atoms with Crippen molar-refractivity contribution in [2.45, 2.75) is 26.3 Å². The predicted octanol–water partition coefficient (Wildman–Crippen LogP) is 1.50. The molecule has 1 unspecified atom stereocenters. The zero-order valence-corrected chi connectivity index (χ0v) is 10.5. The van der Waals surface area contributed by atoms with Gasteiger partial charge in [0.2, 0.25) is 0 Å². The number of nitrogens with one attached hydrogen (secondary N) is 1. The van der Waals surface area contributed by atoms with E-state index in [1.165, 1.54) is 25.1 Å². The summed E-state index contributed by atoms with van der Waals surface area (Å²) in [7, 11) is 0. The van der Waals surface area contributed by atoms with Crippen LogP contribution in [-0.2, 0) is 4.79 Å². The topological polar surface area (TPSA) is 110 Å². The fourth-order valence-corrected chi connectivity index (χ4v) is 1.64. The maximum Gasteiger partial charge on any atom is 0.326 e. The Hall–Kier alpha value is -2.44. The first-order valence-electron chi connectivity index (χ1n) is 5.66. The minimum absolute atomic E-state index is 0.105. The van der Waals surface area contributed by atoms with Crippen LogP contribution in [0.3, 0.4) is 0 Å². The van der Waals surface area contributed by atoms with Crippen LogP contribution in [0.5, 0.6) is 0 Å². The molecule has 0 heterocycles. The average molecular weight is 266 g/mol. The molecule has 1 aromatic carbocycles. The molecule has 19 heavy (non-hydrogen) atoms. The minimum atomic E-state index is -1.14. The van der Waals surface area contributed by atoms with Crippen LogP contribution in [0.15, 0.2) is 18.2 Å². The monoisotopic (exact) mass is 266 g/mol. The fourth-order valence-electron chi connectivity index (χ4n) is 1.64. The third kappa shape index (κ3) is 3.27. The molecule has 0 radical (unpaired) electrons. The van der Waals surface area contributed by atoms with E-state index in [4.69, 9.17) is 5.11 Å². The van der Waals surface area contributed by atoms with Gasteiger partial charge in [0.1, 0.15) is 6.04 Å². The van der Waals surface area contributed by atoms with Crippen molar-refractivity contribution in [2.24, 2.45) is 0 Å². The van der Waals surface area contributed by atoms with E-state index in [1.54, 1.807) is 6.92 Å². The van der Waals surface area contributed by atoms with Crippen molar-refractivity contribution in [1.29, 1.82) is 0 Å². The van der Waals surface area contributed by atoms with Crippen LogP contribution in [0, 0.1) is 17.0 Å². The number of aliphatic carboxylic acids is 1. The Morgan fingerprint density at radius 1 is 1.47 bits per heavy atom. The summed E-state index contributed by atoms with van der Waals surface area (Å²) in [6, 6.07) is 3.10. The van der Waals surface area contributed by atoms with Gasteiger partial charge in [-0.1, -0.05) is 13.0 Å². The predicted molar refractivity (Wildman–Crippen MR) is 67.0 cm³/mol. The lowest BCUT2D eigenvalue weighted by Crippen LogP contribution is -2.40. The van der Waals surface area contributed by atoms with E-state index in [1.807, 2.05) is 0 Å². The molecule has 7 nitrogen and oxygen atoms in total. The van der Waals surface area contributed by atoms with Crippen LogP contribution < -0.4 is 5.32 Å². The second-order valence-corrected chi connectivity index (χ2v) is 3.98. The molecule has 0 saturated heterocycles. The van der Waals surface area contributed by atoms with E-state index < -0.39 is 22.8 Å². The lowest BCUT2D eigenvalue weighted by molar-refractivity contribution is -0.385. The molecule has 0 fully saturated rings. The lowest BCUT2D eigenvalue weighted by Gasteiger charge is -2.13. The number of hydrogen-bond acceptors (Lipinski definition) is 4. The largest absolute Gasteiger partial charge is 0.480 e. The third-order valence-corrected chi connectivity index (χ3v) is 2.76. The Labute approximate surface area is 109 Å². The van der Waals surface area contributed by atoms with Crippen LogP contribution in [0.25, 0.3) is 0 Å². The maximum absolute atomic E-state index is 11.9. The van der Waals surface area contributed by atoms with Crippen molar-refractivity contribution in [3.8, 4) is 0 Å². The van der Waals surface area contributed by atoms with Crippen molar-refractivity contribution >= 4 is 17.6 Å². The Morgan fingerprint density at radius 2 is 2.11 bits per heavy atom. The third-order valence-electron chi connectivity index (χ3n) is 2.76. The molecule has 2 N–H and O–H groups in total. The smallest absolute Gasteiger partial charge is 0.326 e. The molecule has 0 bridgehead atoms. The first-order chi connectivity index (χ1) is 8.88. The number of carboxylic acid groups (broad SMARTS) is 1. The molecule has 1 atom stereocenters. The number of nitro groups is 1. The van der Waals surface area contributed by atoms with Crippen molar-refractivity contribution in [1.82, 2.24) is 5.32 Å². The molecule has 0 spiro atoms. The number of nitro benzene ring substituents is 1. The minimum Gasteiger partial charge on any atom is -0.480 e. The SMILES string of the molecule is CCC(NC(=O)c1cccc([N+](=O)[O-])c1C)C(=O)O. The van der Waals surface area contributed by atoms with Crippen molar-refractivity contribution in [2.75, 3.05) is 0 Å². The molecule has 7 heteroatoms. The lowest BCUT2D eigenvalue weighted by atomic mass is 10.1. The van der Waals surface area contributed by atoms with Gasteiger partial charge < -0.3 is 10.4 Å². The van der Waals surface area contributed by atoms with Crippen molar-refractivity contribution < 1.29 is 19.6 Å². The molecule has 1 rings (SSSR count). The number of nitrogens with zero attached hydrogens (tertiary/aromatic N) is 1. The second-order valence-electron chi connectivity index (χ2n) is 3.98. The van der Waals surface area contributed by atoms with Gasteiger partial charge in [-0.3, -0.25) is 14.9 Å². The Morgan fingerprint density at radius 3 is 2.58 bits per heavy atom. The summed E-state index contributed by atoms with van der Waals surface area (Å²) < 4.78 is 0. The number of benzene rings is 1. The number of amides is 1. The molecule has 102 valence electrons. The van der Waals surface area contributed by atoms with Crippen molar-refractivity contribution in [3.63, 3.8) is 0 Å². The van der Waals surface area contributed by atoms with E-state index in [0.29, 0.717) is 0 Å². The highest BCUT2D eigenvalue weighted by molar-refractivity contribution is 5.98. The highest BCUT2D eigenvalue weighted by Crippen LogP contribution is 2.21. The number of hydrogen-bond donors (Lipinski definition) is 2. The summed E-state index contributed by atoms with van der Waals surface area (Å²) in [4.78, 5) is 32.9. The van der Waals surface area contributed by atoms with Gasteiger partial charge in [-0.15, -0.1) is 0 Å². The highest BCUT2D eigenvalue weighted by atomic mass is 16.6. The van der Waals surface area contributed by atoms with Gasteiger partial charge in [0.05, 0.1) is 4.92 Å². The zero-order valence-electron chi connectivity index (χ0n) is 10.5. The first kappa shape index (κ1) is 14.6.